The fraction of sp³-hybridized carbons (Fsp3) is 0.550. The smallest absolute Gasteiger partial charge is 0.306 e. The summed E-state index contributed by atoms with van der Waals surface area (Å²) in [5.74, 6) is 1.24. The van der Waals surface area contributed by atoms with Gasteiger partial charge in [0.2, 0.25) is 11.7 Å². The monoisotopic (exact) mass is 343 g/mol. The normalized spacial score (nSPS) is 25.4. The molecule has 1 amide bonds. The van der Waals surface area contributed by atoms with Crippen LogP contribution in [0.2, 0.25) is 0 Å². The first kappa shape index (κ1) is 17.6. The van der Waals surface area contributed by atoms with Gasteiger partial charge >= 0.3 is 5.97 Å². The molecule has 0 radical (unpaired) electrons. The van der Waals surface area contributed by atoms with E-state index in [1.54, 1.807) is 31.2 Å². The van der Waals surface area contributed by atoms with Crippen molar-refractivity contribution in [1.29, 1.82) is 0 Å². The number of hydrogen-bond donors (Lipinski definition) is 1. The molecule has 2 bridgehead atoms. The number of hydrogen-bond acceptors (Lipinski definition) is 4. The van der Waals surface area contributed by atoms with Crippen molar-refractivity contribution in [2.45, 2.75) is 52.1 Å². The van der Waals surface area contributed by atoms with Crippen molar-refractivity contribution in [2.75, 3.05) is 5.32 Å². The molecule has 0 heterocycles. The van der Waals surface area contributed by atoms with E-state index in [9.17, 15) is 14.4 Å². The average Bonchev–Trinajstić information content (AvgIpc) is 3.17. The predicted octanol–water partition coefficient (Wildman–Crippen LogP) is 3.59. The van der Waals surface area contributed by atoms with Crippen LogP contribution in [0.1, 0.15) is 56.3 Å². The molecule has 25 heavy (non-hydrogen) atoms. The summed E-state index contributed by atoms with van der Waals surface area (Å²) in [5, 5.41) is 2.65. The number of carbonyl (C=O) groups excluding carboxylic acids is 3. The fourth-order valence-electron chi connectivity index (χ4n) is 4.30. The van der Waals surface area contributed by atoms with E-state index in [4.69, 9.17) is 4.74 Å². The summed E-state index contributed by atoms with van der Waals surface area (Å²) < 4.78 is 5.37. The minimum Gasteiger partial charge on any atom is -0.454 e. The van der Waals surface area contributed by atoms with E-state index >= 15 is 0 Å². The minimum atomic E-state index is -0.794. The van der Waals surface area contributed by atoms with E-state index < -0.39 is 6.10 Å². The number of rotatable bonds is 6. The number of Topliss-reactive ketones (excluding diaryl/α,β-unsaturated/α-hetero) is 1. The van der Waals surface area contributed by atoms with Crippen LogP contribution in [0.4, 0.5) is 5.69 Å². The van der Waals surface area contributed by atoms with Crippen molar-refractivity contribution < 1.29 is 19.1 Å². The molecule has 0 spiro atoms. The number of nitrogens with one attached hydrogen (secondary N) is 1. The standard InChI is InChI=1S/C20H25NO4/c1-12(20(24)15-5-7-18(8-6-15)21-13(2)22)25-19(23)11-17-10-14-3-4-16(17)9-14/h5-8,12,14,16-17H,3-4,9-11H2,1-2H3,(H,21,22)/t12-,14+,16+,17-/m1/s1. The maximum Gasteiger partial charge on any atom is 0.306 e. The quantitative estimate of drug-likeness (QED) is 0.633. The van der Waals surface area contributed by atoms with E-state index in [2.05, 4.69) is 5.32 Å². The summed E-state index contributed by atoms with van der Waals surface area (Å²) in [6.07, 6.45) is 4.56. The van der Waals surface area contributed by atoms with Gasteiger partial charge in [-0.1, -0.05) is 6.42 Å². The van der Waals surface area contributed by atoms with Gasteiger partial charge in [-0.25, -0.2) is 0 Å². The minimum absolute atomic E-state index is 0.165. The summed E-state index contributed by atoms with van der Waals surface area (Å²) in [7, 11) is 0. The van der Waals surface area contributed by atoms with Gasteiger partial charge in [0.05, 0.1) is 0 Å². The van der Waals surface area contributed by atoms with Crippen LogP contribution >= 0.6 is 0 Å². The van der Waals surface area contributed by atoms with Crippen LogP contribution in [-0.4, -0.2) is 23.8 Å². The van der Waals surface area contributed by atoms with Gasteiger partial charge in [-0.3, -0.25) is 14.4 Å². The van der Waals surface area contributed by atoms with Crippen LogP contribution in [0, 0.1) is 17.8 Å². The largest absolute Gasteiger partial charge is 0.454 e. The second-order valence-corrected chi connectivity index (χ2v) is 7.39. The van der Waals surface area contributed by atoms with Gasteiger partial charge in [0.15, 0.2) is 6.10 Å². The number of anilines is 1. The Morgan fingerprint density at radius 2 is 1.88 bits per heavy atom. The van der Waals surface area contributed by atoms with Gasteiger partial charge in [-0.2, -0.15) is 0 Å². The number of ether oxygens (including phenoxy) is 1. The molecule has 134 valence electrons. The highest BCUT2D eigenvalue weighted by atomic mass is 16.5. The van der Waals surface area contributed by atoms with Crippen molar-refractivity contribution >= 4 is 23.3 Å². The Morgan fingerprint density at radius 1 is 1.16 bits per heavy atom. The van der Waals surface area contributed by atoms with Gasteiger partial charge < -0.3 is 10.1 Å². The maximum atomic E-state index is 12.4. The zero-order valence-corrected chi connectivity index (χ0v) is 14.8. The van der Waals surface area contributed by atoms with Gasteiger partial charge in [-0.15, -0.1) is 0 Å². The topological polar surface area (TPSA) is 72.5 Å². The summed E-state index contributed by atoms with van der Waals surface area (Å²) in [6.45, 7) is 3.04. The third kappa shape index (κ3) is 4.27. The number of carbonyl (C=O) groups is 3. The molecule has 0 aromatic heterocycles. The Kier molecular flexibility index (Phi) is 5.21. The highest BCUT2D eigenvalue weighted by molar-refractivity contribution is 6.00. The Balaban J connectivity index is 1.51. The molecule has 0 saturated heterocycles. The molecule has 1 aromatic carbocycles. The molecule has 2 aliphatic carbocycles. The van der Waals surface area contributed by atoms with E-state index in [0.717, 1.165) is 12.3 Å². The van der Waals surface area contributed by atoms with Crippen molar-refractivity contribution in [3.8, 4) is 0 Å². The van der Waals surface area contributed by atoms with Gasteiger partial charge in [0, 0.05) is 24.6 Å². The Bertz CT molecular complexity index is 667. The molecule has 3 rings (SSSR count). The molecular formula is C20H25NO4. The summed E-state index contributed by atoms with van der Waals surface area (Å²) in [6, 6.07) is 6.60. The average molecular weight is 343 g/mol. The number of esters is 1. The molecular weight excluding hydrogens is 318 g/mol. The third-order valence-electron chi connectivity index (χ3n) is 5.48. The molecule has 2 fully saturated rings. The van der Waals surface area contributed by atoms with Crippen molar-refractivity contribution in [1.82, 2.24) is 0 Å². The highest BCUT2D eigenvalue weighted by Crippen LogP contribution is 2.49. The summed E-state index contributed by atoms with van der Waals surface area (Å²) >= 11 is 0. The van der Waals surface area contributed by atoms with Crippen LogP contribution in [0.5, 0.6) is 0 Å². The number of fused-ring (bicyclic) bond motifs is 2. The Morgan fingerprint density at radius 3 is 2.44 bits per heavy atom. The lowest BCUT2D eigenvalue weighted by atomic mass is 9.86. The number of amides is 1. The van der Waals surface area contributed by atoms with E-state index in [-0.39, 0.29) is 17.7 Å². The lowest BCUT2D eigenvalue weighted by molar-refractivity contribution is -0.147. The Hall–Kier alpha value is -2.17. The first-order valence-electron chi connectivity index (χ1n) is 9.03. The molecule has 4 atom stereocenters. The van der Waals surface area contributed by atoms with Crippen LogP contribution in [-0.2, 0) is 14.3 Å². The highest BCUT2D eigenvalue weighted by Gasteiger charge is 2.40. The van der Waals surface area contributed by atoms with Crippen LogP contribution in [0.25, 0.3) is 0 Å². The Labute approximate surface area is 148 Å². The fourth-order valence-corrected chi connectivity index (χ4v) is 4.30. The predicted molar refractivity (Wildman–Crippen MR) is 94.2 cm³/mol. The second-order valence-electron chi connectivity index (χ2n) is 7.39. The first-order valence-corrected chi connectivity index (χ1v) is 9.03. The van der Waals surface area contributed by atoms with Crippen molar-refractivity contribution in [3.63, 3.8) is 0 Å². The lowest BCUT2D eigenvalue weighted by Crippen LogP contribution is -2.26. The molecule has 2 saturated carbocycles. The van der Waals surface area contributed by atoms with Crippen LogP contribution in [0.15, 0.2) is 24.3 Å². The van der Waals surface area contributed by atoms with E-state index in [0.29, 0.717) is 29.5 Å². The van der Waals surface area contributed by atoms with Crippen molar-refractivity contribution in [2.24, 2.45) is 17.8 Å². The molecule has 5 heteroatoms. The lowest BCUT2D eigenvalue weighted by Gasteiger charge is -2.21. The van der Waals surface area contributed by atoms with E-state index in [1.807, 2.05) is 0 Å². The molecule has 1 N–H and O–H groups in total. The molecule has 0 aliphatic heterocycles. The van der Waals surface area contributed by atoms with E-state index in [1.165, 1.54) is 26.2 Å². The zero-order valence-electron chi connectivity index (χ0n) is 14.8. The van der Waals surface area contributed by atoms with Gasteiger partial charge in [-0.05, 0) is 68.2 Å². The molecule has 0 unspecified atom stereocenters. The van der Waals surface area contributed by atoms with Gasteiger partial charge in [0.1, 0.15) is 0 Å². The van der Waals surface area contributed by atoms with Crippen LogP contribution in [0.3, 0.4) is 0 Å². The SMILES string of the molecule is CC(=O)Nc1ccc(C(=O)[C@@H](C)OC(=O)C[C@H]2C[C@H]3CC[C@H]2C3)cc1. The van der Waals surface area contributed by atoms with Crippen LogP contribution < -0.4 is 5.32 Å². The summed E-state index contributed by atoms with van der Waals surface area (Å²) in [4.78, 5) is 35.6. The molecule has 2 aliphatic rings. The second kappa shape index (κ2) is 7.38. The number of ketones is 1. The number of benzene rings is 1. The third-order valence-corrected chi connectivity index (χ3v) is 5.48. The molecule has 5 nitrogen and oxygen atoms in total. The van der Waals surface area contributed by atoms with Gasteiger partial charge in [0.25, 0.3) is 0 Å². The first-order chi connectivity index (χ1) is 11.9. The van der Waals surface area contributed by atoms with Crippen molar-refractivity contribution in [3.05, 3.63) is 29.8 Å². The summed E-state index contributed by atoms with van der Waals surface area (Å²) in [5.41, 5.74) is 1.10. The maximum absolute atomic E-state index is 12.4. The molecule has 1 aromatic rings. The zero-order chi connectivity index (χ0) is 18.0.